The normalized spacial score (nSPS) is 13.3. The third-order valence-electron chi connectivity index (χ3n) is 6.17. The van der Waals surface area contributed by atoms with Crippen molar-refractivity contribution >= 4 is 23.9 Å². The molecule has 3 atom stereocenters. The van der Waals surface area contributed by atoms with Crippen LogP contribution in [0.4, 0.5) is 4.79 Å². The molecule has 0 aliphatic heterocycles. The number of ether oxygens (including phenoxy) is 2. The van der Waals surface area contributed by atoms with Crippen LogP contribution in [-0.2, 0) is 30.3 Å². The average Bonchev–Trinajstić information content (AvgIpc) is 2.92. The second-order valence-corrected chi connectivity index (χ2v) is 12.7. The summed E-state index contributed by atoms with van der Waals surface area (Å²) in [4.78, 5) is 54.9. The van der Waals surface area contributed by atoms with Gasteiger partial charge < -0.3 is 20.1 Å². The molecule has 0 bridgehead atoms. The minimum atomic E-state index is -1.39. The maximum Gasteiger partial charge on any atom is 0.408 e. The predicted molar refractivity (Wildman–Crippen MR) is 169 cm³/mol. The van der Waals surface area contributed by atoms with E-state index in [4.69, 9.17) is 22.3 Å². The molecule has 2 N–H and O–H groups in total. The minimum Gasteiger partial charge on any atom is -0.458 e. The van der Waals surface area contributed by atoms with Crippen molar-refractivity contribution in [3.63, 3.8) is 0 Å². The van der Waals surface area contributed by atoms with Gasteiger partial charge in [0, 0.05) is 18.0 Å². The summed E-state index contributed by atoms with van der Waals surface area (Å²) in [6, 6.07) is 14.2. The summed E-state index contributed by atoms with van der Waals surface area (Å²) < 4.78 is 11.0. The van der Waals surface area contributed by atoms with Crippen LogP contribution in [0.3, 0.4) is 0 Å². The topological polar surface area (TPSA) is 114 Å². The number of carbonyl (C=O) groups is 4. The largest absolute Gasteiger partial charge is 0.458 e. The van der Waals surface area contributed by atoms with Crippen LogP contribution < -0.4 is 10.6 Å². The Morgan fingerprint density at radius 2 is 1.41 bits per heavy atom. The van der Waals surface area contributed by atoms with E-state index in [0.717, 1.165) is 10.5 Å². The third kappa shape index (κ3) is 10.8. The summed E-state index contributed by atoms with van der Waals surface area (Å²) >= 11 is 0. The molecule has 0 saturated heterocycles. The molecule has 2 aromatic carbocycles. The van der Waals surface area contributed by atoms with E-state index < -0.39 is 59.1 Å². The summed E-state index contributed by atoms with van der Waals surface area (Å²) in [5.41, 5.74) is 0.0469. The Morgan fingerprint density at radius 1 is 0.841 bits per heavy atom. The zero-order valence-corrected chi connectivity index (χ0v) is 26.8. The quantitative estimate of drug-likeness (QED) is 0.231. The number of alkyl carbamates (subject to hydrolysis) is 1. The van der Waals surface area contributed by atoms with Crippen LogP contribution >= 0.6 is 0 Å². The van der Waals surface area contributed by atoms with E-state index >= 15 is 0 Å². The third-order valence-corrected chi connectivity index (χ3v) is 6.17. The molecule has 0 aromatic heterocycles. The molecule has 0 spiro atoms. The SMILES string of the molecule is C#Cc1ccc(C(C(=O)NC(Cc2ccccc2)C(=O)OC(C)(C)C)N(C#C)C(=O)C(NC(=O)OC(C)(C)C)C(C)C)cc1. The van der Waals surface area contributed by atoms with Gasteiger partial charge in [0.15, 0.2) is 0 Å². The van der Waals surface area contributed by atoms with Crippen LogP contribution in [0.2, 0.25) is 0 Å². The van der Waals surface area contributed by atoms with Crippen molar-refractivity contribution in [3.05, 3.63) is 71.3 Å². The van der Waals surface area contributed by atoms with Gasteiger partial charge in [-0.05, 0) is 70.7 Å². The van der Waals surface area contributed by atoms with Crippen molar-refractivity contribution in [1.82, 2.24) is 15.5 Å². The van der Waals surface area contributed by atoms with E-state index in [1.54, 1.807) is 79.7 Å². The molecule has 3 unspecified atom stereocenters. The first-order chi connectivity index (χ1) is 20.5. The second kappa shape index (κ2) is 15.1. The van der Waals surface area contributed by atoms with Gasteiger partial charge in [0.05, 0.1) is 0 Å². The van der Waals surface area contributed by atoms with Crippen LogP contribution in [0.5, 0.6) is 0 Å². The minimum absolute atomic E-state index is 0.128. The molecule has 9 heteroatoms. The van der Waals surface area contributed by atoms with Gasteiger partial charge in [-0.3, -0.25) is 14.5 Å². The zero-order chi connectivity index (χ0) is 33.2. The summed E-state index contributed by atoms with van der Waals surface area (Å²) in [5.74, 6) is -0.00469. The highest BCUT2D eigenvalue weighted by Gasteiger charge is 2.39. The zero-order valence-electron chi connectivity index (χ0n) is 26.8. The van der Waals surface area contributed by atoms with Crippen molar-refractivity contribution in [2.75, 3.05) is 0 Å². The van der Waals surface area contributed by atoms with Crippen molar-refractivity contribution in [2.45, 2.75) is 91.1 Å². The van der Waals surface area contributed by atoms with Gasteiger partial charge >= 0.3 is 12.1 Å². The molecule has 0 aliphatic rings. The monoisotopic (exact) mass is 601 g/mol. The number of benzene rings is 2. The maximum atomic E-state index is 14.1. The summed E-state index contributed by atoms with van der Waals surface area (Å²) in [6.07, 6.45) is 10.7. The number of nitrogens with zero attached hydrogens (tertiary/aromatic N) is 1. The van der Waals surface area contributed by atoms with Crippen molar-refractivity contribution in [3.8, 4) is 24.8 Å². The molecule has 2 rings (SSSR count). The van der Waals surface area contributed by atoms with Gasteiger partial charge in [-0.25, -0.2) is 9.59 Å². The lowest BCUT2D eigenvalue weighted by Crippen LogP contribution is -2.55. The van der Waals surface area contributed by atoms with Gasteiger partial charge in [0.1, 0.15) is 29.3 Å². The van der Waals surface area contributed by atoms with E-state index in [-0.39, 0.29) is 6.42 Å². The first-order valence-corrected chi connectivity index (χ1v) is 14.4. The van der Waals surface area contributed by atoms with Crippen LogP contribution in [0.25, 0.3) is 0 Å². The maximum absolute atomic E-state index is 14.1. The number of rotatable bonds is 10. The van der Waals surface area contributed by atoms with E-state index in [9.17, 15) is 19.2 Å². The second-order valence-electron chi connectivity index (χ2n) is 12.7. The lowest BCUT2D eigenvalue weighted by atomic mass is 9.98. The Labute approximate surface area is 261 Å². The Hall–Kier alpha value is -4.76. The summed E-state index contributed by atoms with van der Waals surface area (Å²) in [7, 11) is 0. The number of esters is 1. The molecule has 44 heavy (non-hydrogen) atoms. The number of nitrogens with one attached hydrogen (secondary N) is 2. The van der Waals surface area contributed by atoms with Crippen LogP contribution in [0, 0.1) is 30.7 Å². The number of hydrogen-bond acceptors (Lipinski definition) is 6. The van der Waals surface area contributed by atoms with Gasteiger partial charge in [-0.1, -0.05) is 68.7 Å². The Morgan fingerprint density at radius 3 is 1.89 bits per heavy atom. The predicted octanol–water partition coefficient (Wildman–Crippen LogP) is 4.75. The molecule has 3 amide bonds. The van der Waals surface area contributed by atoms with E-state index in [0.29, 0.717) is 11.1 Å². The molecule has 0 saturated carbocycles. The van der Waals surface area contributed by atoms with E-state index in [1.165, 1.54) is 0 Å². The first-order valence-electron chi connectivity index (χ1n) is 14.4. The van der Waals surface area contributed by atoms with Crippen LogP contribution in [0.15, 0.2) is 54.6 Å². The number of amides is 3. The molecule has 9 nitrogen and oxygen atoms in total. The Bertz CT molecular complexity index is 1390. The standard InChI is InChI=1S/C35H43N3O6/c1-11-24-18-20-26(21-19-24)29(38(12-2)31(40)28(23(3)4)37-33(42)44-35(8,9)10)30(39)36-27(32(41)43-34(5,6)7)22-25-16-14-13-15-17-25/h1-2,13-21,23,27-29H,22H2,3-10H3,(H,36,39)(H,37,42). The van der Waals surface area contributed by atoms with Crippen molar-refractivity contribution in [2.24, 2.45) is 5.92 Å². The first kappa shape index (κ1) is 35.4. The number of hydrogen-bond donors (Lipinski definition) is 2. The molecule has 234 valence electrons. The Balaban J connectivity index is 2.55. The smallest absolute Gasteiger partial charge is 0.408 e. The van der Waals surface area contributed by atoms with Gasteiger partial charge in [-0.2, -0.15) is 0 Å². The molecule has 0 heterocycles. The highest BCUT2D eigenvalue weighted by Crippen LogP contribution is 2.25. The van der Waals surface area contributed by atoms with E-state index in [2.05, 4.69) is 22.6 Å². The lowest BCUT2D eigenvalue weighted by molar-refractivity contribution is -0.159. The van der Waals surface area contributed by atoms with Crippen molar-refractivity contribution < 1.29 is 28.7 Å². The van der Waals surface area contributed by atoms with E-state index in [1.807, 2.05) is 30.3 Å². The van der Waals surface area contributed by atoms with Crippen LogP contribution in [0.1, 0.15) is 78.1 Å². The Kier molecular flexibility index (Phi) is 12.2. The highest BCUT2D eigenvalue weighted by atomic mass is 16.6. The number of terminal acetylenes is 2. The number of carbonyl (C=O) groups excluding carboxylic acids is 4. The highest BCUT2D eigenvalue weighted by molar-refractivity contribution is 5.95. The molecule has 0 fully saturated rings. The van der Waals surface area contributed by atoms with Gasteiger partial charge in [0.2, 0.25) is 5.91 Å². The molecule has 0 radical (unpaired) electrons. The summed E-state index contributed by atoms with van der Waals surface area (Å²) in [5, 5.41) is 5.36. The summed E-state index contributed by atoms with van der Waals surface area (Å²) in [6.45, 7) is 13.7. The molecular weight excluding hydrogens is 558 g/mol. The molecule has 0 aliphatic carbocycles. The van der Waals surface area contributed by atoms with Crippen LogP contribution in [-0.4, -0.2) is 52.1 Å². The van der Waals surface area contributed by atoms with Gasteiger partial charge in [-0.15, -0.1) is 6.42 Å². The fraction of sp³-hybridized carbons (Fsp3) is 0.429. The molecular formula is C35H43N3O6. The fourth-order valence-corrected chi connectivity index (χ4v) is 4.21. The lowest BCUT2D eigenvalue weighted by Gasteiger charge is -2.33. The molecule has 2 aromatic rings. The van der Waals surface area contributed by atoms with Crippen molar-refractivity contribution in [1.29, 1.82) is 0 Å². The van der Waals surface area contributed by atoms with Gasteiger partial charge in [0.25, 0.3) is 5.91 Å². The fourth-order valence-electron chi connectivity index (χ4n) is 4.21. The average molecular weight is 602 g/mol.